The van der Waals surface area contributed by atoms with Gasteiger partial charge >= 0.3 is 0 Å². The number of nitrogen functional groups attached to an aromatic ring is 1. The average molecular weight is 278 g/mol. The van der Waals surface area contributed by atoms with Gasteiger partial charge < -0.3 is 4.74 Å². The topological polar surface area (TPSA) is 80.5 Å². The van der Waals surface area contributed by atoms with Gasteiger partial charge in [-0.2, -0.15) is 0 Å². The zero-order valence-electron chi connectivity index (χ0n) is 11.8. The molecule has 1 unspecified atom stereocenters. The number of nitrogens with zero attached hydrogens (tertiary/aromatic N) is 2. The number of rotatable bonds is 5. The SMILES string of the molecule is CCOC1CCCN(Cc2cccc(C(=O)NN)n2)C1. The molecule has 3 N–H and O–H groups in total. The molecular formula is C14H22N4O2. The highest BCUT2D eigenvalue weighted by molar-refractivity contribution is 5.91. The number of amides is 1. The third kappa shape index (κ3) is 4.00. The van der Waals surface area contributed by atoms with Gasteiger partial charge in [-0.3, -0.25) is 15.1 Å². The van der Waals surface area contributed by atoms with Crippen LogP contribution >= 0.6 is 0 Å². The lowest BCUT2D eigenvalue weighted by atomic mass is 10.1. The van der Waals surface area contributed by atoms with Crippen molar-refractivity contribution in [1.29, 1.82) is 0 Å². The predicted molar refractivity (Wildman–Crippen MR) is 75.8 cm³/mol. The molecule has 0 radical (unpaired) electrons. The number of ether oxygens (including phenoxy) is 1. The van der Waals surface area contributed by atoms with Gasteiger partial charge in [0.15, 0.2) is 0 Å². The first-order chi connectivity index (χ1) is 9.72. The number of pyridine rings is 1. The minimum Gasteiger partial charge on any atom is -0.377 e. The van der Waals surface area contributed by atoms with Crippen LogP contribution in [0.1, 0.15) is 35.9 Å². The van der Waals surface area contributed by atoms with Crippen molar-refractivity contribution in [3.05, 3.63) is 29.6 Å². The van der Waals surface area contributed by atoms with Crippen molar-refractivity contribution in [2.75, 3.05) is 19.7 Å². The van der Waals surface area contributed by atoms with Crippen LogP contribution < -0.4 is 11.3 Å². The van der Waals surface area contributed by atoms with E-state index >= 15 is 0 Å². The van der Waals surface area contributed by atoms with Crippen LogP contribution in [0.2, 0.25) is 0 Å². The van der Waals surface area contributed by atoms with Crippen LogP contribution in [-0.2, 0) is 11.3 Å². The third-order valence-corrected chi connectivity index (χ3v) is 3.42. The molecule has 0 saturated carbocycles. The second kappa shape index (κ2) is 7.33. The minimum absolute atomic E-state index is 0.310. The molecule has 1 amide bonds. The van der Waals surface area contributed by atoms with Crippen molar-refractivity contribution >= 4 is 5.91 Å². The summed E-state index contributed by atoms with van der Waals surface area (Å²) >= 11 is 0. The van der Waals surface area contributed by atoms with E-state index in [1.165, 1.54) is 0 Å². The summed E-state index contributed by atoms with van der Waals surface area (Å²) in [6, 6.07) is 5.42. The molecule has 0 spiro atoms. The quantitative estimate of drug-likeness (QED) is 0.470. The van der Waals surface area contributed by atoms with Crippen molar-refractivity contribution in [3.8, 4) is 0 Å². The fourth-order valence-corrected chi connectivity index (χ4v) is 2.53. The second-order valence-corrected chi connectivity index (χ2v) is 4.94. The standard InChI is InChI=1S/C14H22N4O2/c1-2-20-12-6-4-8-18(10-12)9-11-5-3-7-13(16-11)14(19)17-15/h3,5,7,12H,2,4,6,8-10,15H2,1H3,(H,17,19). The molecule has 6 heteroatoms. The Hall–Kier alpha value is -1.50. The number of carbonyl (C=O) groups is 1. The number of hydrogen-bond donors (Lipinski definition) is 2. The lowest BCUT2D eigenvalue weighted by molar-refractivity contribution is 0.00330. The van der Waals surface area contributed by atoms with E-state index in [1.54, 1.807) is 6.07 Å². The van der Waals surface area contributed by atoms with Crippen LogP contribution in [0.25, 0.3) is 0 Å². The van der Waals surface area contributed by atoms with E-state index in [1.807, 2.05) is 19.1 Å². The van der Waals surface area contributed by atoms with E-state index in [-0.39, 0.29) is 5.91 Å². The molecule has 2 heterocycles. The van der Waals surface area contributed by atoms with Crippen LogP contribution in [0.4, 0.5) is 0 Å². The fourth-order valence-electron chi connectivity index (χ4n) is 2.53. The number of piperidine rings is 1. The maximum absolute atomic E-state index is 11.5. The van der Waals surface area contributed by atoms with Crippen LogP contribution in [0, 0.1) is 0 Å². The van der Waals surface area contributed by atoms with E-state index in [9.17, 15) is 4.79 Å². The molecule has 1 aromatic heterocycles. The summed E-state index contributed by atoms with van der Waals surface area (Å²) in [5.41, 5.74) is 3.33. The Labute approximate surface area is 119 Å². The van der Waals surface area contributed by atoms with Gasteiger partial charge in [0.1, 0.15) is 5.69 Å². The normalized spacial score (nSPS) is 19.8. The smallest absolute Gasteiger partial charge is 0.283 e. The highest BCUT2D eigenvalue weighted by Gasteiger charge is 2.20. The van der Waals surface area contributed by atoms with Gasteiger partial charge in [0.05, 0.1) is 11.8 Å². The molecule has 1 aromatic rings. The first-order valence-corrected chi connectivity index (χ1v) is 7.03. The summed E-state index contributed by atoms with van der Waals surface area (Å²) in [7, 11) is 0. The Morgan fingerprint density at radius 2 is 2.45 bits per heavy atom. The minimum atomic E-state index is -0.363. The fraction of sp³-hybridized carbons (Fsp3) is 0.571. The molecule has 0 bridgehead atoms. The largest absolute Gasteiger partial charge is 0.377 e. The molecule has 0 aromatic carbocycles. The van der Waals surface area contributed by atoms with Gasteiger partial charge in [0.2, 0.25) is 0 Å². The molecule has 2 rings (SSSR count). The highest BCUT2D eigenvalue weighted by Crippen LogP contribution is 2.15. The van der Waals surface area contributed by atoms with E-state index in [0.29, 0.717) is 11.8 Å². The number of likely N-dealkylation sites (tertiary alicyclic amines) is 1. The van der Waals surface area contributed by atoms with Crippen molar-refractivity contribution in [3.63, 3.8) is 0 Å². The summed E-state index contributed by atoms with van der Waals surface area (Å²) in [5.74, 6) is 4.76. The first kappa shape index (κ1) is 14.9. The van der Waals surface area contributed by atoms with Gasteiger partial charge in [0, 0.05) is 19.7 Å². The second-order valence-electron chi connectivity index (χ2n) is 4.94. The Kier molecular flexibility index (Phi) is 5.46. The Morgan fingerprint density at radius 1 is 1.60 bits per heavy atom. The maximum Gasteiger partial charge on any atom is 0.283 e. The van der Waals surface area contributed by atoms with Crippen molar-refractivity contribution < 1.29 is 9.53 Å². The molecule has 110 valence electrons. The monoisotopic (exact) mass is 278 g/mol. The zero-order valence-corrected chi connectivity index (χ0v) is 11.8. The van der Waals surface area contributed by atoms with E-state index in [2.05, 4.69) is 15.3 Å². The lowest BCUT2D eigenvalue weighted by Crippen LogP contribution is -2.39. The van der Waals surface area contributed by atoms with Crippen LogP contribution in [0.15, 0.2) is 18.2 Å². The number of nitrogens with two attached hydrogens (primary N) is 1. The molecule has 1 fully saturated rings. The summed E-state index contributed by atoms with van der Waals surface area (Å²) in [6.07, 6.45) is 2.56. The number of hydrazine groups is 1. The van der Waals surface area contributed by atoms with E-state index < -0.39 is 0 Å². The zero-order chi connectivity index (χ0) is 14.4. The molecule has 1 saturated heterocycles. The summed E-state index contributed by atoms with van der Waals surface area (Å²) in [4.78, 5) is 18.1. The number of hydrogen-bond acceptors (Lipinski definition) is 5. The third-order valence-electron chi connectivity index (χ3n) is 3.42. The molecule has 1 aliphatic heterocycles. The van der Waals surface area contributed by atoms with Crippen LogP contribution in [-0.4, -0.2) is 41.6 Å². The van der Waals surface area contributed by atoms with E-state index in [4.69, 9.17) is 10.6 Å². The van der Waals surface area contributed by atoms with E-state index in [0.717, 1.165) is 44.8 Å². The highest BCUT2D eigenvalue weighted by atomic mass is 16.5. The molecule has 20 heavy (non-hydrogen) atoms. The molecular weight excluding hydrogens is 256 g/mol. The van der Waals surface area contributed by atoms with Gasteiger partial charge in [-0.05, 0) is 38.4 Å². The van der Waals surface area contributed by atoms with Crippen LogP contribution in [0.3, 0.4) is 0 Å². The summed E-state index contributed by atoms with van der Waals surface area (Å²) in [5, 5.41) is 0. The summed E-state index contributed by atoms with van der Waals surface area (Å²) in [6.45, 7) is 5.47. The first-order valence-electron chi connectivity index (χ1n) is 7.03. The Balaban J connectivity index is 1.97. The van der Waals surface area contributed by atoms with Crippen molar-refractivity contribution in [2.45, 2.75) is 32.4 Å². The number of aromatic nitrogens is 1. The Morgan fingerprint density at radius 3 is 3.20 bits per heavy atom. The molecule has 1 atom stereocenters. The number of nitrogens with one attached hydrogen (secondary N) is 1. The van der Waals surface area contributed by atoms with Gasteiger partial charge in [-0.1, -0.05) is 6.07 Å². The Bertz CT molecular complexity index is 451. The van der Waals surface area contributed by atoms with Crippen molar-refractivity contribution in [1.82, 2.24) is 15.3 Å². The molecule has 1 aliphatic rings. The van der Waals surface area contributed by atoms with Crippen molar-refractivity contribution in [2.24, 2.45) is 5.84 Å². The summed E-state index contributed by atoms with van der Waals surface area (Å²) < 4.78 is 5.69. The maximum atomic E-state index is 11.5. The van der Waals surface area contributed by atoms with Crippen LogP contribution in [0.5, 0.6) is 0 Å². The van der Waals surface area contributed by atoms with Gasteiger partial charge in [-0.25, -0.2) is 10.8 Å². The lowest BCUT2D eigenvalue weighted by Gasteiger charge is -2.32. The number of carbonyl (C=O) groups excluding carboxylic acids is 1. The van der Waals surface area contributed by atoms with Gasteiger partial charge in [0.25, 0.3) is 5.91 Å². The molecule has 6 nitrogen and oxygen atoms in total. The molecule has 0 aliphatic carbocycles. The van der Waals surface area contributed by atoms with Gasteiger partial charge in [-0.15, -0.1) is 0 Å². The predicted octanol–water partition coefficient (Wildman–Crippen LogP) is 0.686. The average Bonchev–Trinajstić information content (AvgIpc) is 2.47.